The minimum atomic E-state index is 0.306. The second kappa shape index (κ2) is 6.14. The average Bonchev–Trinajstić information content (AvgIpc) is 2.78. The Morgan fingerprint density at radius 3 is 2.82 bits per heavy atom. The molecule has 0 radical (unpaired) electrons. The summed E-state index contributed by atoms with van der Waals surface area (Å²) in [6.07, 6.45) is 3.51. The van der Waals surface area contributed by atoms with Crippen LogP contribution in [0.25, 0.3) is 0 Å². The van der Waals surface area contributed by atoms with Gasteiger partial charge in [-0.1, -0.05) is 0 Å². The van der Waals surface area contributed by atoms with Crippen LogP contribution in [0.3, 0.4) is 0 Å². The molecule has 17 heavy (non-hydrogen) atoms. The van der Waals surface area contributed by atoms with Crippen molar-refractivity contribution in [3.05, 3.63) is 0 Å². The zero-order valence-corrected chi connectivity index (χ0v) is 11.0. The van der Waals surface area contributed by atoms with E-state index in [2.05, 4.69) is 4.90 Å². The van der Waals surface area contributed by atoms with Crippen molar-refractivity contribution in [2.45, 2.75) is 19.3 Å². The molecule has 2 aliphatic rings. The quantitative estimate of drug-likeness (QED) is 0.771. The lowest BCUT2D eigenvalue weighted by Gasteiger charge is -2.39. The molecular formula is C13H26N2O2. The highest BCUT2D eigenvalue weighted by Gasteiger charge is 2.35. The molecule has 4 nitrogen and oxygen atoms in total. The molecule has 0 bridgehead atoms. The third kappa shape index (κ3) is 3.41. The molecule has 4 heteroatoms. The molecule has 1 atom stereocenters. The lowest BCUT2D eigenvalue weighted by atomic mass is 9.80. The number of hydrogen-bond acceptors (Lipinski definition) is 4. The number of nitrogens with zero attached hydrogens (tertiary/aromatic N) is 1. The van der Waals surface area contributed by atoms with E-state index in [0.29, 0.717) is 5.41 Å². The van der Waals surface area contributed by atoms with Gasteiger partial charge in [0.15, 0.2) is 0 Å². The van der Waals surface area contributed by atoms with Crippen LogP contribution in [0, 0.1) is 11.3 Å². The summed E-state index contributed by atoms with van der Waals surface area (Å²) in [5.41, 5.74) is 6.31. The molecule has 2 fully saturated rings. The summed E-state index contributed by atoms with van der Waals surface area (Å²) in [4.78, 5) is 2.57. The molecule has 0 aromatic rings. The first kappa shape index (κ1) is 13.3. The molecule has 0 aromatic carbocycles. The zero-order valence-electron chi connectivity index (χ0n) is 11.0. The maximum Gasteiger partial charge on any atom is 0.0503 e. The second-order valence-corrected chi connectivity index (χ2v) is 5.66. The predicted octanol–water partition coefficient (Wildman–Crippen LogP) is 0.710. The van der Waals surface area contributed by atoms with E-state index in [4.69, 9.17) is 15.2 Å². The van der Waals surface area contributed by atoms with E-state index >= 15 is 0 Å². The molecule has 0 spiro atoms. The zero-order chi connectivity index (χ0) is 12.1. The molecule has 2 aliphatic heterocycles. The van der Waals surface area contributed by atoms with Crippen molar-refractivity contribution in [2.24, 2.45) is 17.1 Å². The fourth-order valence-electron chi connectivity index (χ4n) is 3.13. The standard InChI is InChI=1S/C13H26N2O2/c1-16-9-12-2-5-15(8-12)11-13(10-14)3-6-17-7-4-13/h12H,2-11,14H2,1H3. The Morgan fingerprint density at radius 1 is 1.41 bits per heavy atom. The lowest BCUT2D eigenvalue weighted by molar-refractivity contribution is 0.00236. The molecule has 2 heterocycles. The SMILES string of the molecule is COCC1CCN(CC2(CN)CCOCC2)C1. The molecule has 0 saturated carbocycles. The highest BCUT2D eigenvalue weighted by molar-refractivity contribution is 4.88. The average molecular weight is 242 g/mol. The number of rotatable bonds is 5. The number of methoxy groups -OCH3 is 1. The van der Waals surface area contributed by atoms with Crippen LogP contribution in [-0.2, 0) is 9.47 Å². The third-order valence-electron chi connectivity index (χ3n) is 4.32. The van der Waals surface area contributed by atoms with Gasteiger partial charge < -0.3 is 20.1 Å². The smallest absolute Gasteiger partial charge is 0.0503 e. The molecule has 0 amide bonds. The Labute approximate surface area is 104 Å². The topological polar surface area (TPSA) is 47.7 Å². The highest BCUT2D eigenvalue weighted by Crippen LogP contribution is 2.32. The van der Waals surface area contributed by atoms with Gasteiger partial charge >= 0.3 is 0 Å². The van der Waals surface area contributed by atoms with Gasteiger partial charge in [-0.3, -0.25) is 0 Å². The Kier molecular flexibility index (Phi) is 4.79. The van der Waals surface area contributed by atoms with E-state index < -0.39 is 0 Å². The summed E-state index contributed by atoms with van der Waals surface area (Å²) in [6.45, 7) is 6.98. The molecule has 0 aliphatic carbocycles. The van der Waals surface area contributed by atoms with Crippen molar-refractivity contribution in [3.63, 3.8) is 0 Å². The van der Waals surface area contributed by atoms with Crippen molar-refractivity contribution in [2.75, 3.05) is 53.1 Å². The number of nitrogens with two attached hydrogens (primary N) is 1. The van der Waals surface area contributed by atoms with Crippen molar-refractivity contribution < 1.29 is 9.47 Å². The van der Waals surface area contributed by atoms with Crippen LogP contribution < -0.4 is 5.73 Å². The van der Waals surface area contributed by atoms with Crippen molar-refractivity contribution >= 4 is 0 Å². The van der Waals surface area contributed by atoms with E-state index in [1.807, 2.05) is 0 Å². The lowest BCUT2D eigenvalue weighted by Crippen LogP contribution is -2.45. The molecule has 2 N–H and O–H groups in total. The van der Waals surface area contributed by atoms with Crippen LogP contribution >= 0.6 is 0 Å². The van der Waals surface area contributed by atoms with Gasteiger partial charge in [-0.05, 0) is 43.7 Å². The maximum atomic E-state index is 6.00. The molecular weight excluding hydrogens is 216 g/mol. The fourth-order valence-corrected chi connectivity index (χ4v) is 3.13. The van der Waals surface area contributed by atoms with Crippen LogP contribution in [0.15, 0.2) is 0 Å². The van der Waals surface area contributed by atoms with Crippen molar-refractivity contribution in [3.8, 4) is 0 Å². The van der Waals surface area contributed by atoms with Gasteiger partial charge in [-0.25, -0.2) is 0 Å². The van der Waals surface area contributed by atoms with Crippen molar-refractivity contribution in [1.29, 1.82) is 0 Å². The van der Waals surface area contributed by atoms with E-state index in [0.717, 1.165) is 51.7 Å². The molecule has 2 rings (SSSR count). The Bertz CT molecular complexity index is 229. The monoisotopic (exact) mass is 242 g/mol. The third-order valence-corrected chi connectivity index (χ3v) is 4.32. The largest absolute Gasteiger partial charge is 0.384 e. The van der Waals surface area contributed by atoms with Gasteiger partial charge in [-0.15, -0.1) is 0 Å². The van der Waals surface area contributed by atoms with E-state index in [-0.39, 0.29) is 0 Å². The summed E-state index contributed by atoms with van der Waals surface area (Å²) in [6, 6.07) is 0. The summed E-state index contributed by atoms with van der Waals surface area (Å²) >= 11 is 0. The minimum absolute atomic E-state index is 0.306. The Balaban J connectivity index is 1.83. The maximum absolute atomic E-state index is 6.00. The number of hydrogen-bond donors (Lipinski definition) is 1. The first-order valence-corrected chi connectivity index (χ1v) is 6.77. The first-order chi connectivity index (χ1) is 8.28. The number of likely N-dealkylation sites (tertiary alicyclic amines) is 1. The molecule has 100 valence electrons. The Morgan fingerprint density at radius 2 is 2.18 bits per heavy atom. The van der Waals surface area contributed by atoms with E-state index in [9.17, 15) is 0 Å². The van der Waals surface area contributed by atoms with Crippen LogP contribution in [0.4, 0.5) is 0 Å². The fraction of sp³-hybridized carbons (Fsp3) is 1.00. The van der Waals surface area contributed by atoms with Crippen LogP contribution in [-0.4, -0.2) is 58.0 Å². The molecule has 0 aromatic heterocycles. The summed E-state index contributed by atoms with van der Waals surface area (Å²) in [7, 11) is 1.79. The van der Waals surface area contributed by atoms with Gasteiger partial charge in [0.25, 0.3) is 0 Å². The van der Waals surface area contributed by atoms with Crippen molar-refractivity contribution in [1.82, 2.24) is 4.90 Å². The van der Waals surface area contributed by atoms with Gasteiger partial charge in [0, 0.05) is 33.4 Å². The number of ether oxygens (including phenoxy) is 2. The van der Waals surface area contributed by atoms with E-state index in [1.54, 1.807) is 7.11 Å². The van der Waals surface area contributed by atoms with Gasteiger partial charge in [0.05, 0.1) is 6.61 Å². The predicted molar refractivity (Wildman–Crippen MR) is 68.0 cm³/mol. The van der Waals surface area contributed by atoms with Crippen LogP contribution in [0.1, 0.15) is 19.3 Å². The Hall–Kier alpha value is -0.160. The van der Waals surface area contributed by atoms with Crippen LogP contribution in [0.5, 0.6) is 0 Å². The summed E-state index contributed by atoms with van der Waals surface area (Å²) in [5, 5.41) is 0. The summed E-state index contributed by atoms with van der Waals surface area (Å²) in [5.74, 6) is 0.717. The van der Waals surface area contributed by atoms with Gasteiger partial charge in [0.1, 0.15) is 0 Å². The summed E-state index contributed by atoms with van der Waals surface area (Å²) < 4.78 is 10.7. The van der Waals surface area contributed by atoms with Gasteiger partial charge in [0.2, 0.25) is 0 Å². The van der Waals surface area contributed by atoms with Crippen LogP contribution in [0.2, 0.25) is 0 Å². The molecule has 2 saturated heterocycles. The normalized spacial score (nSPS) is 29.6. The minimum Gasteiger partial charge on any atom is -0.384 e. The van der Waals surface area contributed by atoms with Gasteiger partial charge in [-0.2, -0.15) is 0 Å². The first-order valence-electron chi connectivity index (χ1n) is 6.77. The molecule has 1 unspecified atom stereocenters. The highest BCUT2D eigenvalue weighted by atomic mass is 16.5. The second-order valence-electron chi connectivity index (χ2n) is 5.66. The van der Waals surface area contributed by atoms with E-state index in [1.165, 1.54) is 19.5 Å².